The van der Waals surface area contributed by atoms with Crippen molar-refractivity contribution in [3.05, 3.63) is 0 Å². The summed E-state index contributed by atoms with van der Waals surface area (Å²) >= 11 is 0. The van der Waals surface area contributed by atoms with Gasteiger partial charge in [0.2, 0.25) is 0 Å². The van der Waals surface area contributed by atoms with Gasteiger partial charge in [0.25, 0.3) is 0 Å². The summed E-state index contributed by atoms with van der Waals surface area (Å²) in [6.45, 7) is 7.32. The molecule has 0 aromatic rings. The summed E-state index contributed by atoms with van der Waals surface area (Å²) in [7, 11) is 0. The van der Waals surface area contributed by atoms with Crippen molar-refractivity contribution in [2.24, 2.45) is 0 Å². The first-order valence-corrected chi connectivity index (χ1v) is 7.75. The Morgan fingerprint density at radius 3 is 2.53 bits per heavy atom. The van der Waals surface area contributed by atoms with E-state index in [1.165, 1.54) is 12.8 Å². The molecule has 2 fully saturated rings. The number of hydrogen-bond acceptors (Lipinski definition) is 3. The first-order valence-electron chi connectivity index (χ1n) is 7.75. The van der Waals surface area contributed by atoms with E-state index in [4.69, 9.17) is 0 Å². The summed E-state index contributed by atoms with van der Waals surface area (Å²) in [4.78, 5) is 14.3. The minimum absolute atomic E-state index is 0.214. The van der Waals surface area contributed by atoms with Gasteiger partial charge in [-0.2, -0.15) is 0 Å². The maximum Gasteiger partial charge on any atom is 0.323 e. The van der Waals surface area contributed by atoms with Crippen molar-refractivity contribution in [2.45, 2.75) is 83.0 Å². The second-order valence-corrected chi connectivity index (χ2v) is 6.50. The molecule has 4 nitrogen and oxygen atoms in total. The summed E-state index contributed by atoms with van der Waals surface area (Å²) in [5, 5.41) is 13.0. The van der Waals surface area contributed by atoms with Crippen molar-refractivity contribution in [3.63, 3.8) is 0 Å². The molecular formula is C15H28N2O2. The van der Waals surface area contributed by atoms with Gasteiger partial charge in [0, 0.05) is 18.1 Å². The molecule has 0 spiro atoms. The van der Waals surface area contributed by atoms with Crippen LogP contribution in [0.1, 0.15) is 59.3 Å². The van der Waals surface area contributed by atoms with Crippen LogP contribution in [0.2, 0.25) is 0 Å². The van der Waals surface area contributed by atoms with Crippen LogP contribution in [0.4, 0.5) is 0 Å². The van der Waals surface area contributed by atoms with Crippen LogP contribution in [0.15, 0.2) is 0 Å². The molecule has 4 heteroatoms. The lowest BCUT2D eigenvalue weighted by Gasteiger charge is -2.43. The largest absolute Gasteiger partial charge is 0.480 e. The van der Waals surface area contributed by atoms with Gasteiger partial charge in [-0.1, -0.05) is 6.92 Å². The molecule has 0 radical (unpaired) electrons. The number of carboxylic acid groups (broad SMARTS) is 1. The van der Waals surface area contributed by atoms with E-state index in [9.17, 15) is 9.90 Å². The van der Waals surface area contributed by atoms with Crippen LogP contribution in [-0.2, 0) is 4.79 Å². The highest BCUT2D eigenvalue weighted by Crippen LogP contribution is 2.37. The molecule has 0 heterocycles. The molecule has 0 aromatic heterocycles. The van der Waals surface area contributed by atoms with Gasteiger partial charge in [0.1, 0.15) is 5.54 Å². The van der Waals surface area contributed by atoms with E-state index in [1.807, 2.05) is 13.8 Å². The summed E-state index contributed by atoms with van der Waals surface area (Å²) in [5.41, 5.74) is -0.709. The Labute approximate surface area is 116 Å². The third-order valence-corrected chi connectivity index (χ3v) is 4.55. The van der Waals surface area contributed by atoms with Gasteiger partial charge in [0.15, 0.2) is 0 Å². The highest BCUT2D eigenvalue weighted by Gasteiger charge is 2.46. The molecule has 0 aromatic carbocycles. The summed E-state index contributed by atoms with van der Waals surface area (Å²) in [6.07, 6.45) is 6.27. The van der Waals surface area contributed by atoms with Crippen molar-refractivity contribution in [2.75, 3.05) is 6.54 Å². The predicted molar refractivity (Wildman–Crippen MR) is 76.3 cm³/mol. The molecule has 19 heavy (non-hydrogen) atoms. The SMILES string of the molecule is CCN(C1CC1)C1CCCC(NC(C)C)(C(=O)O)C1. The summed E-state index contributed by atoms with van der Waals surface area (Å²) in [6, 6.07) is 1.37. The smallest absolute Gasteiger partial charge is 0.323 e. The molecule has 2 saturated carbocycles. The molecule has 2 unspecified atom stereocenters. The molecule has 0 aliphatic heterocycles. The van der Waals surface area contributed by atoms with Crippen molar-refractivity contribution in [3.8, 4) is 0 Å². The van der Waals surface area contributed by atoms with Crippen molar-refractivity contribution < 1.29 is 9.90 Å². The molecule has 110 valence electrons. The number of hydrogen-bond donors (Lipinski definition) is 2. The van der Waals surface area contributed by atoms with Gasteiger partial charge in [-0.3, -0.25) is 15.0 Å². The van der Waals surface area contributed by atoms with E-state index in [1.54, 1.807) is 0 Å². The monoisotopic (exact) mass is 268 g/mol. The quantitative estimate of drug-likeness (QED) is 0.775. The average Bonchev–Trinajstić information content (AvgIpc) is 3.14. The van der Waals surface area contributed by atoms with Gasteiger partial charge in [-0.05, 0) is 58.9 Å². The topological polar surface area (TPSA) is 52.6 Å². The Bertz CT molecular complexity index is 328. The maximum absolute atomic E-state index is 11.8. The number of nitrogens with one attached hydrogen (secondary N) is 1. The third-order valence-electron chi connectivity index (χ3n) is 4.55. The number of nitrogens with zero attached hydrogens (tertiary/aromatic N) is 1. The maximum atomic E-state index is 11.8. The summed E-state index contributed by atoms with van der Waals surface area (Å²) < 4.78 is 0. The lowest BCUT2D eigenvalue weighted by Crippen LogP contribution is -2.60. The molecule has 2 aliphatic rings. The number of aliphatic carboxylic acids is 1. The first-order chi connectivity index (χ1) is 8.98. The van der Waals surface area contributed by atoms with Gasteiger partial charge in [-0.25, -0.2) is 0 Å². The zero-order chi connectivity index (χ0) is 14.0. The molecule has 2 rings (SSSR count). The Hall–Kier alpha value is -0.610. The third kappa shape index (κ3) is 3.29. The van der Waals surface area contributed by atoms with E-state index < -0.39 is 11.5 Å². The van der Waals surface area contributed by atoms with Crippen molar-refractivity contribution >= 4 is 5.97 Å². The van der Waals surface area contributed by atoms with E-state index in [0.29, 0.717) is 6.04 Å². The second kappa shape index (κ2) is 5.80. The Kier molecular flexibility index (Phi) is 4.51. The van der Waals surface area contributed by atoms with Crippen LogP contribution in [0, 0.1) is 0 Å². The Balaban J connectivity index is 2.10. The first kappa shape index (κ1) is 14.8. The molecule has 2 atom stereocenters. The number of rotatable bonds is 6. The van der Waals surface area contributed by atoms with Crippen LogP contribution in [0.5, 0.6) is 0 Å². The van der Waals surface area contributed by atoms with Crippen molar-refractivity contribution in [1.82, 2.24) is 10.2 Å². The van der Waals surface area contributed by atoms with Gasteiger partial charge in [-0.15, -0.1) is 0 Å². The van der Waals surface area contributed by atoms with Gasteiger partial charge in [0.05, 0.1) is 0 Å². The van der Waals surface area contributed by atoms with Crippen LogP contribution in [-0.4, -0.2) is 46.2 Å². The second-order valence-electron chi connectivity index (χ2n) is 6.50. The molecular weight excluding hydrogens is 240 g/mol. The zero-order valence-electron chi connectivity index (χ0n) is 12.5. The fourth-order valence-corrected chi connectivity index (χ4v) is 3.69. The fraction of sp³-hybridized carbons (Fsp3) is 0.933. The molecule has 2 N–H and O–H groups in total. The Morgan fingerprint density at radius 1 is 1.37 bits per heavy atom. The predicted octanol–water partition coefficient (Wildman–Crippen LogP) is 2.23. The lowest BCUT2D eigenvalue weighted by atomic mass is 9.77. The van der Waals surface area contributed by atoms with Crippen LogP contribution >= 0.6 is 0 Å². The van der Waals surface area contributed by atoms with Crippen molar-refractivity contribution in [1.29, 1.82) is 0 Å². The average molecular weight is 268 g/mol. The molecule has 0 amide bonds. The number of carboxylic acids is 1. The fourth-order valence-electron chi connectivity index (χ4n) is 3.69. The van der Waals surface area contributed by atoms with E-state index in [2.05, 4.69) is 17.1 Å². The minimum atomic E-state index is -0.709. The summed E-state index contributed by atoms with van der Waals surface area (Å²) in [5.74, 6) is -0.669. The van der Waals surface area contributed by atoms with Crippen LogP contribution in [0.25, 0.3) is 0 Å². The molecule has 2 aliphatic carbocycles. The standard InChI is InChI=1S/C15H28N2O2/c1-4-17(12-7-8-12)13-6-5-9-15(10-13,14(18)19)16-11(2)3/h11-13,16H,4-10H2,1-3H3,(H,18,19). The lowest BCUT2D eigenvalue weighted by molar-refractivity contribution is -0.148. The van der Waals surface area contributed by atoms with E-state index >= 15 is 0 Å². The molecule has 0 bridgehead atoms. The highest BCUT2D eigenvalue weighted by atomic mass is 16.4. The van der Waals surface area contributed by atoms with E-state index in [-0.39, 0.29) is 6.04 Å². The van der Waals surface area contributed by atoms with E-state index in [0.717, 1.165) is 38.3 Å². The van der Waals surface area contributed by atoms with Crippen LogP contribution in [0.3, 0.4) is 0 Å². The number of carbonyl (C=O) groups is 1. The van der Waals surface area contributed by atoms with Crippen LogP contribution < -0.4 is 5.32 Å². The Morgan fingerprint density at radius 2 is 2.05 bits per heavy atom. The van der Waals surface area contributed by atoms with Gasteiger partial charge < -0.3 is 5.11 Å². The van der Waals surface area contributed by atoms with Gasteiger partial charge >= 0.3 is 5.97 Å². The normalized spacial score (nSPS) is 31.9. The highest BCUT2D eigenvalue weighted by molar-refractivity contribution is 5.79. The zero-order valence-corrected chi connectivity index (χ0v) is 12.5. The molecule has 0 saturated heterocycles. The minimum Gasteiger partial charge on any atom is -0.480 e.